The van der Waals surface area contributed by atoms with Crippen molar-refractivity contribution in [3.8, 4) is 0 Å². The van der Waals surface area contributed by atoms with E-state index in [9.17, 15) is 4.79 Å². The summed E-state index contributed by atoms with van der Waals surface area (Å²) >= 11 is 5.89. The van der Waals surface area contributed by atoms with Gasteiger partial charge in [0.05, 0.1) is 0 Å². The first kappa shape index (κ1) is 14.6. The maximum atomic E-state index is 12.7. The predicted octanol–water partition coefficient (Wildman–Crippen LogP) is 5.06. The topological polar surface area (TPSA) is 17.1 Å². The van der Waals surface area contributed by atoms with E-state index in [1.807, 2.05) is 24.3 Å². The van der Waals surface area contributed by atoms with Crippen molar-refractivity contribution in [1.29, 1.82) is 0 Å². The van der Waals surface area contributed by atoms with E-state index in [0.29, 0.717) is 18.1 Å². The number of hydrogen-bond donors (Lipinski definition) is 0. The highest BCUT2D eigenvalue weighted by molar-refractivity contribution is 6.30. The summed E-state index contributed by atoms with van der Waals surface area (Å²) in [6.45, 7) is 4.44. The Morgan fingerprint density at radius 1 is 1.21 bits per heavy atom. The summed E-state index contributed by atoms with van der Waals surface area (Å²) in [5.74, 6) is 1.02. The first-order valence-corrected chi connectivity index (χ1v) is 7.67. The Kier molecular flexibility index (Phi) is 4.67. The van der Waals surface area contributed by atoms with E-state index < -0.39 is 0 Å². The second kappa shape index (κ2) is 6.09. The molecule has 0 aromatic heterocycles. The van der Waals surface area contributed by atoms with Crippen molar-refractivity contribution < 1.29 is 4.79 Å². The minimum absolute atomic E-state index is 0.0478. The van der Waals surface area contributed by atoms with Gasteiger partial charge in [-0.3, -0.25) is 4.79 Å². The molecule has 1 fully saturated rings. The highest BCUT2D eigenvalue weighted by Crippen LogP contribution is 2.44. The maximum absolute atomic E-state index is 12.7. The Morgan fingerprint density at radius 2 is 1.79 bits per heavy atom. The number of Topliss-reactive ketones (excluding diaryl/α,β-unsaturated/α-hetero) is 1. The van der Waals surface area contributed by atoms with Crippen molar-refractivity contribution in [2.75, 3.05) is 0 Å². The SMILES string of the molecule is CC(C)CC1(C(=O)Cc2ccc(Cl)cc2)CCCC1. The minimum Gasteiger partial charge on any atom is -0.299 e. The highest BCUT2D eigenvalue weighted by atomic mass is 35.5. The molecule has 0 heterocycles. The average Bonchev–Trinajstić information content (AvgIpc) is 2.81. The second-order valence-electron chi connectivity index (χ2n) is 6.31. The molecule has 0 saturated heterocycles. The zero-order chi connectivity index (χ0) is 13.9. The number of hydrogen-bond acceptors (Lipinski definition) is 1. The van der Waals surface area contributed by atoms with E-state index in [1.54, 1.807) is 0 Å². The van der Waals surface area contributed by atoms with Gasteiger partial charge in [-0.15, -0.1) is 0 Å². The summed E-state index contributed by atoms with van der Waals surface area (Å²) in [4.78, 5) is 12.7. The standard InChI is InChI=1S/C17H23ClO/c1-13(2)12-17(9-3-4-10-17)16(19)11-14-5-7-15(18)8-6-14/h5-8,13H,3-4,9-12H2,1-2H3. The third kappa shape index (κ3) is 3.60. The molecule has 104 valence electrons. The largest absolute Gasteiger partial charge is 0.299 e. The van der Waals surface area contributed by atoms with E-state index in [4.69, 9.17) is 11.6 Å². The van der Waals surface area contributed by atoms with Gasteiger partial charge in [0.15, 0.2) is 0 Å². The van der Waals surface area contributed by atoms with E-state index in [1.165, 1.54) is 12.8 Å². The molecule has 2 rings (SSSR count). The summed E-state index contributed by atoms with van der Waals surface area (Å²) in [5.41, 5.74) is 1.04. The molecule has 1 aromatic carbocycles. The van der Waals surface area contributed by atoms with Gasteiger partial charge in [-0.25, -0.2) is 0 Å². The fourth-order valence-electron chi connectivity index (χ4n) is 3.41. The quantitative estimate of drug-likeness (QED) is 0.736. The maximum Gasteiger partial charge on any atom is 0.143 e. The number of ketones is 1. The van der Waals surface area contributed by atoms with Crippen LogP contribution in [0.3, 0.4) is 0 Å². The Morgan fingerprint density at radius 3 is 2.32 bits per heavy atom. The van der Waals surface area contributed by atoms with Crippen molar-refractivity contribution >= 4 is 17.4 Å². The molecular weight excluding hydrogens is 256 g/mol. The van der Waals surface area contributed by atoms with Crippen LogP contribution in [0.25, 0.3) is 0 Å². The van der Waals surface area contributed by atoms with Gasteiger partial charge >= 0.3 is 0 Å². The van der Waals surface area contributed by atoms with Crippen LogP contribution in [-0.2, 0) is 11.2 Å². The molecule has 2 heteroatoms. The minimum atomic E-state index is -0.0478. The highest BCUT2D eigenvalue weighted by Gasteiger charge is 2.40. The van der Waals surface area contributed by atoms with Gasteiger partial charge in [-0.05, 0) is 42.9 Å². The van der Waals surface area contributed by atoms with E-state index in [-0.39, 0.29) is 5.41 Å². The first-order chi connectivity index (χ1) is 9.02. The van der Waals surface area contributed by atoms with Crippen LogP contribution in [0.2, 0.25) is 5.02 Å². The number of rotatable bonds is 5. The fourth-order valence-corrected chi connectivity index (χ4v) is 3.53. The fraction of sp³-hybridized carbons (Fsp3) is 0.588. The monoisotopic (exact) mass is 278 g/mol. The lowest BCUT2D eigenvalue weighted by molar-refractivity contribution is -0.128. The second-order valence-corrected chi connectivity index (χ2v) is 6.75. The summed E-state index contributed by atoms with van der Waals surface area (Å²) in [6, 6.07) is 7.68. The van der Waals surface area contributed by atoms with Gasteiger partial charge < -0.3 is 0 Å². The van der Waals surface area contributed by atoms with E-state index in [2.05, 4.69) is 13.8 Å². The molecule has 0 atom stereocenters. The van der Waals surface area contributed by atoms with Crippen molar-refractivity contribution in [3.05, 3.63) is 34.9 Å². The zero-order valence-corrected chi connectivity index (χ0v) is 12.7. The third-order valence-corrected chi connectivity index (χ3v) is 4.48. The Labute approximate surface area is 121 Å². The summed E-state index contributed by atoms with van der Waals surface area (Å²) in [6.07, 6.45) is 6.18. The molecule has 0 aliphatic heterocycles. The average molecular weight is 279 g/mol. The molecule has 1 aromatic rings. The van der Waals surface area contributed by atoms with Gasteiger partial charge in [-0.2, -0.15) is 0 Å². The third-order valence-electron chi connectivity index (χ3n) is 4.23. The van der Waals surface area contributed by atoms with Gasteiger partial charge in [-0.1, -0.05) is 50.4 Å². The molecule has 1 saturated carbocycles. The van der Waals surface area contributed by atoms with Crippen LogP contribution in [0.4, 0.5) is 0 Å². The summed E-state index contributed by atoms with van der Waals surface area (Å²) in [5, 5.41) is 0.731. The van der Waals surface area contributed by atoms with Crippen molar-refractivity contribution in [2.24, 2.45) is 11.3 Å². The van der Waals surface area contributed by atoms with Crippen LogP contribution in [0.1, 0.15) is 51.5 Å². The van der Waals surface area contributed by atoms with Gasteiger partial charge in [0.25, 0.3) is 0 Å². The molecular formula is C17H23ClO. The normalized spacial score (nSPS) is 17.9. The molecule has 0 unspecified atom stereocenters. The summed E-state index contributed by atoms with van der Waals surface area (Å²) < 4.78 is 0. The smallest absolute Gasteiger partial charge is 0.143 e. The Balaban J connectivity index is 2.09. The number of carbonyl (C=O) groups is 1. The molecule has 19 heavy (non-hydrogen) atoms. The molecule has 0 radical (unpaired) electrons. The lowest BCUT2D eigenvalue weighted by atomic mass is 9.73. The number of carbonyl (C=O) groups excluding carboxylic acids is 1. The Bertz CT molecular complexity index is 427. The van der Waals surface area contributed by atoms with Gasteiger partial charge in [0.1, 0.15) is 5.78 Å². The molecule has 1 nitrogen and oxygen atoms in total. The molecule has 0 N–H and O–H groups in total. The van der Waals surface area contributed by atoms with Crippen molar-refractivity contribution in [2.45, 2.75) is 52.4 Å². The number of benzene rings is 1. The van der Waals surface area contributed by atoms with Crippen molar-refractivity contribution in [3.63, 3.8) is 0 Å². The van der Waals surface area contributed by atoms with Crippen molar-refractivity contribution in [1.82, 2.24) is 0 Å². The van der Waals surface area contributed by atoms with Crippen LogP contribution in [0.5, 0.6) is 0 Å². The molecule has 1 aliphatic carbocycles. The van der Waals surface area contributed by atoms with Crippen LogP contribution in [-0.4, -0.2) is 5.78 Å². The molecule has 0 bridgehead atoms. The van der Waals surface area contributed by atoms with Crippen LogP contribution >= 0.6 is 11.6 Å². The predicted molar refractivity (Wildman–Crippen MR) is 80.5 cm³/mol. The zero-order valence-electron chi connectivity index (χ0n) is 11.9. The van der Waals surface area contributed by atoms with E-state index >= 15 is 0 Å². The van der Waals surface area contributed by atoms with Gasteiger partial charge in [0.2, 0.25) is 0 Å². The lowest BCUT2D eigenvalue weighted by Crippen LogP contribution is -2.31. The van der Waals surface area contributed by atoms with Crippen LogP contribution < -0.4 is 0 Å². The molecule has 0 amide bonds. The van der Waals surface area contributed by atoms with Gasteiger partial charge in [0, 0.05) is 16.9 Å². The first-order valence-electron chi connectivity index (χ1n) is 7.30. The number of halogens is 1. The van der Waals surface area contributed by atoms with E-state index in [0.717, 1.165) is 29.8 Å². The van der Waals surface area contributed by atoms with Crippen LogP contribution in [0, 0.1) is 11.3 Å². The Hall–Kier alpha value is -0.820. The summed E-state index contributed by atoms with van der Waals surface area (Å²) in [7, 11) is 0. The lowest BCUT2D eigenvalue weighted by Gasteiger charge is -2.29. The van der Waals surface area contributed by atoms with Crippen LogP contribution in [0.15, 0.2) is 24.3 Å². The molecule has 1 aliphatic rings. The molecule has 0 spiro atoms.